The molecule has 0 amide bonds. The van der Waals surface area contributed by atoms with Gasteiger partial charge in [-0.15, -0.1) is 0 Å². The van der Waals surface area contributed by atoms with Crippen LogP contribution in [0, 0.1) is 0 Å². The van der Waals surface area contributed by atoms with Crippen molar-refractivity contribution in [2.75, 3.05) is 26.9 Å². The van der Waals surface area contributed by atoms with Gasteiger partial charge in [-0.25, -0.2) is 4.98 Å². The van der Waals surface area contributed by atoms with E-state index in [0.29, 0.717) is 54.5 Å². The Morgan fingerprint density at radius 3 is 2.17 bits per heavy atom. The Hall–Kier alpha value is -3.26. The average Bonchev–Trinajstić information content (AvgIpc) is 3.25. The van der Waals surface area contributed by atoms with Gasteiger partial charge in [-0.05, 0) is 56.7 Å². The molecule has 0 aliphatic carbocycles. The number of aromatic nitrogens is 3. The molecule has 2 aromatic carbocycles. The summed E-state index contributed by atoms with van der Waals surface area (Å²) in [7, 11) is 1.60. The highest BCUT2D eigenvalue weighted by Gasteiger charge is 2.18. The lowest BCUT2D eigenvalue weighted by atomic mass is 10.1. The van der Waals surface area contributed by atoms with Crippen LogP contribution in [0.1, 0.15) is 38.2 Å². The van der Waals surface area contributed by atoms with Gasteiger partial charge in [0.15, 0.2) is 28.8 Å². The SMILES string of the molecule is CCOc1ccc(-c2n[nH]c(C(N)c3ccc(OCC)c(OCC)c3)n2)cc1OC. The van der Waals surface area contributed by atoms with Gasteiger partial charge in [0.2, 0.25) is 0 Å². The van der Waals surface area contributed by atoms with Crippen LogP contribution in [0.15, 0.2) is 36.4 Å². The maximum absolute atomic E-state index is 6.44. The van der Waals surface area contributed by atoms with E-state index in [1.807, 2.05) is 57.2 Å². The minimum Gasteiger partial charge on any atom is -0.493 e. The van der Waals surface area contributed by atoms with E-state index in [1.165, 1.54) is 0 Å². The minimum atomic E-state index is -0.495. The van der Waals surface area contributed by atoms with Crippen LogP contribution in [0.4, 0.5) is 0 Å². The number of rotatable bonds is 10. The first-order valence-electron chi connectivity index (χ1n) is 9.99. The first-order valence-corrected chi connectivity index (χ1v) is 9.99. The summed E-state index contributed by atoms with van der Waals surface area (Å²) in [5.74, 6) is 3.72. The Kier molecular flexibility index (Phi) is 7.13. The van der Waals surface area contributed by atoms with Crippen LogP contribution < -0.4 is 24.7 Å². The Balaban J connectivity index is 1.86. The van der Waals surface area contributed by atoms with E-state index >= 15 is 0 Å². The molecule has 160 valence electrons. The summed E-state index contributed by atoms with van der Waals surface area (Å²) in [6.07, 6.45) is 0. The van der Waals surface area contributed by atoms with Crippen molar-refractivity contribution in [3.8, 4) is 34.4 Å². The number of hydrogen-bond acceptors (Lipinski definition) is 7. The second-order valence-corrected chi connectivity index (χ2v) is 6.39. The third-order valence-electron chi connectivity index (χ3n) is 4.45. The largest absolute Gasteiger partial charge is 0.493 e. The molecular weight excluding hydrogens is 384 g/mol. The van der Waals surface area contributed by atoms with Gasteiger partial charge in [-0.1, -0.05) is 6.07 Å². The smallest absolute Gasteiger partial charge is 0.181 e. The van der Waals surface area contributed by atoms with E-state index in [2.05, 4.69) is 15.2 Å². The fraction of sp³-hybridized carbons (Fsp3) is 0.364. The quantitative estimate of drug-likeness (QED) is 0.523. The third kappa shape index (κ3) is 4.65. The zero-order chi connectivity index (χ0) is 21.5. The second kappa shape index (κ2) is 9.98. The molecule has 0 spiro atoms. The van der Waals surface area contributed by atoms with Crippen LogP contribution in [0.2, 0.25) is 0 Å². The zero-order valence-corrected chi connectivity index (χ0v) is 17.8. The number of nitrogens with zero attached hydrogens (tertiary/aromatic N) is 2. The monoisotopic (exact) mass is 412 g/mol. The van der Waals surface area contributed by atoms with E-state index in [-0.39, 0.29) is 0 Å². The van der Waals surface area contributed by atoms with Crippen molar-refractivity contribution in [1.29, 1.82) is 0 Å². The van der Waals surface area contributed by atoms with E-state index in [9.17, 15) is 0 Å². The topological polar surface area (TPSA) is 105 Å². The summed E-state index contributed by atoms with van der Waals surface area (Å²) in [5.41, 5.74) is 8.08. The highest BCUT2D eigenvalue weighted by Crippen LogP contribution is 2.33. The van der Waals surface area contributed by atoms with E-state index in [0.717, 1.165) is 11.1 Å². The first kappa shape index (κ1) is 21.4. The van der Waals surface area contributed by atoms with Crippen molar-refractivity contribution in [3.05, 3.63) is 47.8 Å². The summed E-state index contributed by atoms with van der Waals surface area (Å²) in [6, 6.07) is 10.7. The Morgan fingerprint density at radius 2 is 1.50 bits per heavy atom. The molecule has 1 heterocycles. The van der Waals surface area contributed by atoms with Gasteiger partial charge in [0, 0.05) is 5.56 Å². The predicted octanol–water partition coefficient (Wildman–Crippen LogP) is 3.72. The molecule has 1 aromatic heterocycles. The van der Waals surface area contributed by atoms with Gasteiger partial charge < -0.3 is 24.7 Å². The van der Waals surface area contributed by atoms with Crippen LogP contribution in [0.25, 0.3) is 11.4 Å². The Morgan fingerprint density at radius 1 is 0.867 bits per heavy atom. The maximum Gasteiger partial charge on any atom is 0.181 e. The highest BCUT2D eigenvalue weighted by atomic mass is 16.5. The summed E-state index contributed by atoms with van der Waals surface area (Å²) < 4.78 is 22.3. The molecule has 0 saturated heterocycles. The Bertz CT molecular complexity index is 974. The van der Waals surface area contributed by atoms with Crippen LogP contribution >= 0.6 is 0 Å². The van der Waals surface area contributed by atoms with E-state index < -0.39 is 6.04 Å². The molecule has 8 heteroatoms. The molecule has 0 saturated carbocycles. The van der Waals surface area contributed by atoms with Crippen LogP contribution in [-0.2, 0) is 0 Å². The summed E-state index contributed by atoms with van der Waals surface area (Å²) >= 11 is 0. The second-order valence-electron chi connectivity index (χ2n) is 6.39. The maximum atomic E-state index is 6.44. The number of hydrogen-bond donors (Lipinski definition) is 2. The number of H-pyrrole nitrogens is 1. The molecule has 0 aliphatic heterocycles. The third-order valence-corrected chi connectivity index (χ3v) is 4.45. The molecule has 0 aliphatic rings. The lowest BCUT2D eigenvalue weighted by molar-refractivity contribution is 0.287. The number of nitrogens with one attached hydrogen (secondary N) is 1. The number of ether oxygens (including phenoxy) is 4. The normalized spacial score (nSPS) is 11.8. The van der Waals surface area contributed by atoms with Crippen molar-refractivity contribution in [3.63, 3.8) is 0 Å². The standard InChI is InChI=1S/C22H28N4O4/c1-5-28-16-11-9-15(13-18(16)27-4)21-24-22(26-25-21)20(23)14-8-10-17(29-6-2)19(12-14)30-7-3/h8-13,20H,5-7,23H2,1-4H3,(H,24,25,26). The van der Waals surface area contributed by atoms with Gasteiger partial charge in [-0.2, -0.15) is 5.10 Å². The molecule has 0 fully saturated rings. The van der Waals surface area contributed by atoms with Gasteiger partial charge in [0.1, 0.15) is 5.82 Å². The minimum absolute atomic E-state index is 0.495. The molecule has 3 rings (SSSR count). The molecule has 0 radical (unpaired) electrons. The Labute approximate surface area is 176 Å². The molecule has 1 atom stereocenters. The average molecular weight is 412 g/mol. The fourth-order valence-corrected chi connectivity index (χ4v) is 3.04. The van der Waals surface area contributed by atoms with E-state index in [4.69, 9.17) is 24.7 Å². The number of methoxy groups -OCH3 is 1. The number of nitrogens with two attached hydrogens (primary N) is 1. The fourth-order valence-electron chi connectivity index (χ4n) is 3.04. The van der Waals surface area contributed by atoms with Crippen LogP contribution in [-0.4, -0.2) is 42.1 Å². The molecule has 0 bridgehead atoms. The van der Waals surface area contributed by atoms with Crippen molar-refractivity contribution < 1.29 is 18.9 Å². The lowest BCUT2D eigenvalue weighted by Crippen LogP contribution is -2.14. The molecule has 1 unspecified atom stereocenters. The molecule has 8 nitrogen and oxygen atoms in total. The number of benzene rings is 2. The van der Waals surface area contributed by atoms with Crippen LogP contribution in [0.3, 0.4) is 0 Å². The predicted molar refractivity (Wildman–Crippen MR) is 114 cm³/mol. The van der Waals surface area contributed by atoms with Crippen molar-refractivity contribution in [2.24, 2.45) is 5.73 Å². The van der Waals surface area contributed by atoms with Gasteiger partial charge in [0.05, 0.1) is 33.0 Å². The molecular formula is C22H28N4O4. The van der Waals surface area contributed by atoms with Crippen LogP contribution in [0.5, 0.6) is 23.0 Å². The lowest BCUT2D eigenvalue weighted by Gasteiger charge is -2.15. The molecule has 30 heavy (non-hydrogen) atoms. The van der Waals surface area contributed by atoms with Gasteiger partial charge in [0.25, 0.3) is 0 Å². The van der Waals surface area contributed by atoms with Gasteiger partial charge >= 0.3 is 0 Å². The van der Waals surface area contributed by atoms with Gasteiger partial charge in [-0.3, -0.25) is 5.10 Å². The first-order chi connectivity index (χ1) is 14.6. The summed E-state index contributed by atoms with van der Waals surface area (Å²) in [5, 5.41) is 7.26. The van der Waals surface area contributed by atoms with Crippen molar-refractivity contribution in [2.45, 2.75) is 26.8 Å². The number of aromatic amines is 1. The van der Waals surface area contributed by atoms with Crippen molar-refractivity contribution >= 4 is 0 Å². The highest BCUT2D eigenvalue weighted by molar-refractivity contribution is 5.61. The molecule has 3 aromatic rings. The van der Waals surface area contributed by atoms with E-state index in [1.54, 1.807) is 7.11 Å². The molecule has 3 N–H and O–H groups in total. The van der Waals surface area contributed by atoms with Crippen molar-refractivity contribution in [1.82, 2.24) is 15.2 Å². The zero-order valence-electron chi connectivity index (χ0n) is 17.8. The summed E-state index contributed by atoms with van der Waals surface area (Å²) in [6.45, 7) is 7.43. The summed E-state index contributed by atoms with van der Waals surface area (Å²) in [4.78, 5) is 4.58.